The largest absolute Gasteiger partial charge is 0.480 e. The molecule has 1 heterocycles. The van der Waals surface area contributed by atoms with E-state index in [0.29, 0.717) is 30.2 Å². The zero-order valence-electron chi connectivity index (χ0n) is 14.5. The summed E-state index contributed by atoms with van der Waals surface area (Å²) in [6.45, 7) is 3.10. The zero-order chi connectivity index (χ0) is 18.5. The lowest BCUT2D eigenvalue weighted by molar-refractivity contribution is -0.136. The summed E-state index contributed by atoms with van der Waals surface area (Å²) >= 11 is 1.19. The van der Waals surface area contributed by atoms with Crippen LogP contribution in [-0.2, 0) is 9.53 Å². The molecule has 2 aromatic carbocycles. The molecule has 1 N–H and O–H groups in total. The van der Waals surface area contributed by atoms with Crippen LogP contribution >= 0.6 is 11.8 Å². The Morgan fingerprint density at radius 3 is 2.58 bits per heavy atom. The molecular formula is C20H21NO4S. The summed E-state index contributed by atoms with van der Waals surface area (Å²) < 4.78 is 5.83. The van der Waals surface area contributed by atoms with Gasteiger partial charge >= 0.3 is 5.97 Å². The van der Waals surface area contributed by atoms with E-state index in [1.807, 2.05) is 36.4 Å². The number of hydrogen-bond acceptors (Lipinski definition) is 4. The van der Waals surface area contributed by atoms with E-state index in [-0.39, 0.29) is 12.0 Å². The molecule has 5 nitrogen and oxygen atoms in total. The van der Waals surface area contributed by atoms with Crippen molar-refractivity contribution in [2.24, 2.45) is 0 Å². The highest BCUT2D eigenvalue weighted by Gasteiger charge is 2.28. The maximum absolute atomic E-state index is 13.1. The zero-order valence-corrected chi connectivity index (χ0v) is 15.3. The first kappa shape index (κ1) is 18.5. The van der Waals surface area contributed by atoms with Gasteiger partial charge < -0.3 is 14.7 Å². The first-order valence-corrected chi connectivity index (χ1v) is 9.38. The number of aliphatic carboxylic acids is 1. The molecule has 1 saturated heterocycles. The van der Waals surface area contributed by atoms with Crippen molar-refractivity contribution < 1.29 is 19.4 Å². The van der Waals surface area contributed by atoms with Crippen molar-refractivity contribution in [3.63, 3.8) is 0 Å². The number of carbonyl (C=O) groups is 2. The first-order chi connectivity index (χ1) is 12.6. The normalized spacial score (nSPS) is 18.3. The number of ether oxygens (including phenoxy) is 1. The lowest BCUT2D eigenvalue weighted by Gasteiger charge is -2.33. The third-order valence-electron chi connectivity index (χ3n) is 4.29. The fourth-order valence-electron chi connectivity index (χ4n) is 2.86. The summed E-state index contributed by atoms with van der Waals surface area (Å²) in [4.78, 5) is 26.7. The molecule has 0 saturated carbocycles. The molecule has 6 heteroatoms. The standard InChI is InChI=1S/C20H21NO4S/c1-14(20(23)24)26-18-10-6-5-9-16(18)19(22)21-11-12-25-17(13-21)15-7-3-2-4-8-15/h2-10,14,17H,11-13H2,1H3,(H,23,24). The molecular weight excluding hydrogens is 350 g/mol. The van der Waals surface area contributed by atoms with Crippen molar-refractivity contribution in [2.45, 2.75) is 23.2 Å². The Morgan fingerprint density at radius 1 is 1.15 bits per heavy atom. The van der Waals surface area contributed by atoms with E-state index in [4.69, 9.17) is 9.84 Å². The molecule has 136 valence electrons. The molecule has 3 rings (SSSR count). The van der Waals surface area contributed by atoms with Gasteiger partial charge in [0.15, 0.2) is 0 Å². The van der Waals surface area contributed by atoms with Gasteiger partial charge in [-0.1, -0.05) is 42.5 Å². The SMILES string of the molecule is CC(Sc1ccccc1C(=O)N1CCOC(c2ccccc2)C1)C(=O)O. The smallest absolute Gasteiger partial charge is 0.316 e. The minimum absolute atomic E-state index is 0.0880. The molecule has 0 aromatic heterocycles. The van der Waals surface area contributed by atoms with Gasteiger partial charge in [0.1, 0.15) is 11.4 Å². The van der Waals surface area contributed by atoms with Gasteiger partial charge in [-0.2, -0.15) is 0 Å². The van der Waals surface area contributed by atoms with Crippen LogP contribution in [0.25, 0.3) is 0 Å². The molecule has 0 bridgehead atoms. The third kappa shape index (κ3) is 4.26. The first-order valence-electron chi connectivity index (χ1n) is 8.50. The number of nitrogens with zero attached hydrogens (tertiary/aromatic N) is 1. The lowest BCUT2D eigenvalue weighted by Crippen LogP contribution is -2.42. The molecule has 0 radical (unpaired) electrons. The third-order valence-corrected chi connectivity index (χ3v) is 5.46. The Labute approximate surface area is 157 Å². The fourth-order valence-corrected chi connectivity index (χ4v) is 3.78. The van der Waals surface area contributed by atoms with Crippen LogP contribution in [0.15, 0.2) is 59.5 Å². The van der Waals surface area contributed by atoms with Crippen molar-refractivity contribution in [3.8, 4) is 0 Å². The molecule has 1 aliphatic rings. The van der Waals surface area contributed by atoms with E-state index in [1.165, 1.54) is 11.8 Å². The fraction of sp³-hybridized carbons (Fsp3) is 0.300. The average molecular weight is 371 g/mol. The van der Waals surface area contributed by atoms with E-state index < -0.39 is 11.2 Å². The van der Waals surface area contributed by atoms with Gasteiger partial charge in [-0.25, -0.2) is 0 Å². The predicted octanol–water partition coefficient (Wildman–Crippen LogP) is 3.47. The van der Waals surface area contributed by atoms with Crippen molar-refractivity contribution in [2.75, 3.05) is 19.7 Å². The number of thioether (sulfide) groups is 1. The van der Waals surface area contributed by atoms with Crippen molar-refractivity contribution in [1.82, 2.24) is 4.90 Å². The maximum atomic E-state index is 13.1. The maximum Gasteiger partial charge on any atom is 0.316 e. The summed E-state index contributed by atoms with van der Waals surface area (Å²) in [5.74, 6) is -0.984. The number of hydrogen-bond donors (Lipinski definition) is 1. The Balaban J connectivity index is 1.78. The number of carboxylic acids is 1. The van der Waals surface area contributed by atoms with E-state index in [9.17, 15) is 9.59 Å². The van der Waals surface area contributed by atoms with Crippen LogP contribution < -0.4 is 0 Å². The van der Waals surface area contributed by atoms with Crippen LogP contribution in [0, 0.1) is 0 Å². The van der Waals surface area contributed by atoms with E-state index in [1.54, 1.807) is 30.0 Å². The molecule has 2 aromatic rings. The molecule has 0 aliphatic carbocycles. The van der Waals surface area contributed by atoms with Crippen LogP contribution in [0.1, 0.15) is 28.9 Å². The predicted molar refractivity (Wildman–Crippen MR) is 100 cm³/mol. The second kappa shape index (κ2) is 8.38. The average Bonchev–Trinajstić information content (AvgIpc) is 2.68. The molecule has 0 spiro atoms. The number of carboxylic acid groups (broad SMARTS) is 1. The lowest BCUT2D eigenvalue weighted by atomic mass is 10.1. The molecule has 26 heavy (non-hydrogen) atoms. The van der Waals surface area contributed by atoms with Gasteiger partial charge in [-0.05, 0) is 24.6 Å². The topological polar surface area (TPSA) is 66.8 Å². The molecule has 1 amide bonds. The number of morpholine rings is 1. The van der Waals surface area contributed by atoms with Crippen LogP contribution in [0.2, 0.25) is 0 Å². The van der Waals surface area contributed by atoms with Crippen molar-refractivity contribution >= 4 is 23.6 Å². The van der Waals surface area contributed by atoms with Crippen molar-refractivity contribution in [1.29, 1.82) is 0 Å². The molecule has 2 atom stereocenters. The minimum atomic E-state index is -0.896. The Hall–Kier alpha value is -2.31. The van der Waals surface area contributed by atoms with Crippen molar-refractivity contribution in [3.05, 3.63) is 65.7 Å². The quantitative estimate of drug-likeness (QED) is 0.815. The summed E-state index contributed by atoms with van der Waals surface area (Å²) in [5.41, 5.74) is 1.59. The van der Waals surface area contributed by atoms with Gasteiger partial charge in [0, 0.05) is 11.4 Å². The van der Waals surface area contributed by atoms with Gasteiger partial charge in [-0.3, -0.25) is 9.59 Å². The van der Waals surface area contributed by atoms with E-state index >= 15 is 0 Å². The Bertz CT molecular complexity index is 780. The number of benzene rings is 2. The highest BCUT2D eigenvalue weighted by atomic mass is 32.2. The summed E-state index contributed by atoms with van der Waals surface area (Å²) in [7, 11) is 0. The summed E-state index contributed by atoms with van der Waals surface area (Å²) in [6, 6.07) is 17.0. The van der Waals surface area contributed by atoms with E-state index in [2.05, 4.69) is 0 Å². The Morgan fingerprint density at radius 2 is 1.85 bits per heavy atom. The molecule has 2 unspecified atom stereocenters. The van der Waals surface area contributed by atoms with Crippen LogP contribution in [0.4, 0.5) is 0 Å². The highest BCUT2D eigenvalue weighted by Crippen LogP contribution is 2.29. The van der Waals surface area contributed by atoms with Crippen LogP contribution in [-0.4, -0.2) is 46.8 Å². The summed E-state index contributed by atoms with van der Waals surface area (Å²) in [6.07, 6.45) is -0.147. The van der Waals surface area contributed by atoms with Gasteiger partial charge in [0.2, 0.25) is 0 Å². The minimum Gasteiger partial charge on any atom is -0.480 e. The number of carbonyl (C=O) groups excluding carboxylic acids is 1. The second-order valence-corrected chi connectivity index (χ2v) is 7.50. The van der Waals surface area contributed by atoms with Gasteiger partial charge in [0.25, 0.3) is 5.91 Å². The van der Waals surface area contributed by atoms with Gasteiger partial charge in [-0.15, -0.1) is 11.8 Å². The highest BCUT2D eigenvalue weighted by molar-refractivity contribution is 8.00. The van der Waals surface area contributed by atoms with Crippen LogP contribution in [0.3, 0.4) is 0 Å². The Kier molecular flexibility index (Phi) is 5.96. The number of rotatable bonds is 5. The molecule has 1 fully saturated rings. The van der Waals surface area contributed by atoms with E-state index in [0.717, 1.165) is 5.56 Å². The molecule has 1 aliphatic heterocycles. The summed E-state index contributed by atoms with van der Waals surface area (Å²) in [5, 5.41) is 8.53. The van der Waals surface area contributed by atoms with Crippen LogP contribution in [0.5, 0.6) is 0 Å². The van der Waals surface area contributed by atoms with Gasteiger partial charge in [0.05, 0.1) is 18.7 Å². The second-order valence-electron chi connectivity index (χ2n) is 6.12. The monoisotopic (exact) mass is 371 g/mol. The number of amides is 1.